The molecule has 0 aliphatic rings. The van der Waals surface area contributed by atoms with E-state index in [2.05, 4.69) is 61.4 Å². The maximum atomic E-state index is 6.19. The molecule has 164 valence electrons. The normalized spacial score (nSPS) is 10.9. The third kappa shape index (κ3) is 5.02. The van der Waals surface area contributed by atoms with Crippen molar-refractivity contribution < 1.29 is 9.47 Å². The van der Waals surface area contributed by atoms with Gasteiger partial charge in [-0.2, -0.15) is 0 Å². The van der Waals surface area contributed by atoms with Gasteiger partial charge in [0.05, 0.1) is 17.6 Å². The van der Waals surface area contributed by atoms with Crippen molar-refractivity contribution in [1.82, 2.24) is 9.55 Å². The number of para-hydroxylation sites is 3. The average Bonchev–Trinajstić information content (AvgIpc) is 3.15. The Balaban J connectivity index is 1.46. The maximum Gasteiger partial charge on any atom is 0.148 e. The van der Waals surface area contributed by atoms with E-state index in [1.807, 2.05) is 36.4 Å². The van der Waals surface area contributed by atoms with Gasteiger partial charge >= 0.3 is 0 Å². The van der Waals surface area contributed by atoms with Crippen LogP contribution in [0.4, 0.5) is 0 Å². The highest BCUT2D eigenvalue weighted by molar-refractivity contribution is 5.75. The molecule has 3 aromatic carbocycles. The number of aromatic nitrogens is 2. The SMILES string of the molecule is C=CCc1ccccc1OCc1nc2ccccc2n1CCCOc1ccc(C)cc1C. The van der Waals surface area contributed by atoms with Crippen LogP contribution in [0.5, 0.6) is 11.5 Å². The molecule has 0 aliphatic carbocycles. The molecule has 4 nitrogen and oxygen atoms in total. The van der Waals surface area contributed by atoms with Crippen LogP contribution in [0.25, 0.3) is 11.0 Å². The lowest BCUT2D eigenvalue weighted by Crippen LogP contribution is -2.10. The van der Waals surface area contributed by atoms with Crippen molar-refractivity contribution in [2.45, 2.75) is 39.8 Å². The summed E-state index contributed by atoms with van der Waals surface area (Å²) in [4.78, 5) is 4.84. The fraction of sp³-hybridized carbons (Fsp3) is 0.250. The molecule has 0 radical (unpaired) electrons. The molecule has 0 saturated carbocycles. The predicted octanol–water partition coefficient (Wildman–Crippen LogP) is 6.43. The van der Waals surface area contributed by atoms with Gasteiger partial charge in [-0.1, -0.05) is 54.1 Å². The van der Waals surface area contributed by atoms with E-state index in [1.165, 1.54) is 11.1 Å². The number of hydrogen-bond donors (Lipinski definition) is 0. The van der Waals surface area contributed by atoms with Crippen LogP contribution in [0.15, 0.2) is 79.4 Å². The quantitative estimate of drug-likeness (QED) is 0.217. The molecule has 0 amide bonds. The molecule has 0 spiro atoms. The van der Waals surface area contributed by atoms with E-state index in [1.54, 1.807) is 0 Å². The second-order valence-electron chi connectivity index (χ2n) is 8.03. The van der Waals surface area contributed by atoms with Gasteiger partial charge in [-0.3, -0.25) is 0 Å². The van der Waals surface area contributed by atoms with Gasteiger partial charge in [-0.05, 0) is 62.1 Å². The van der Waals surface area contributed by atoms with Gasteiger partial charge in [0.2, 0.25) is 0 Å². The first-order chi connectivity index (χ1) is 15.7. The number of aryl methyl sites for hydroxylation is 3. The number of ether oxygens (including phenoxy) is 2. The number of hydrogen-bond acceptors (Lipinski definition) is 3. The Bertz CT molecular complexity index is 1210. The summed E-state index contributed by atoms with van der Waals surface area (Å²) in [5.74, 6) is 2.75. The Morgan fingerprint density at radius 3 is 2.59 bits per heavy atom. The molecule has 1 aromatic heterocycles. The van der Waals surface area contributed by atoms with Crippen molar-refractivity contribution >= 4 is 11.0 Å². The molecule has 4 rings (SSSR count). The van der Waals surface area contributed by atoms with Gasteiger partial charge in [0.1, 0.15) is 23.9 Å². The molecular formula is C28H30N2O2. The molecule has 0 bridgehead atoms. The van der Waals surface area contributed by atoms with E-state index in [0.29, 0.717) is 13.2 Å². The first kappa shape index (κ1) is 21.7. The molecule has 0 fully saturated rings. The fourth-order valence-corrected chi connectivity index (χ4v) is 3.96. The topological polar surface area (TPSA) is 36.3 Å². The minimum Gasteiger partial charge on any atom is -0.493 e. The van der Waals surface area contributed by atoms with E-state index < -0.39 is 0 Å². The molecule has 0 unspecified atom stereocenters. The minimum absolute atomic E-state index is 0.417. The van der Waals surface area contributed by atoms with E-state index in [-0.39, 0.29) is 0 Å². The standard InChI is InChI=1S/C28H30N2O2/c1-4-10-23-11-5-8-14-27(23)32-20-28-29-24-12-6-7-13-25(24)30(28)17-9-18-31-26-16-15-21(2)19-22(26)3/h4-8,11-16,19H,1,9-10,17-18,20H2,2-3H3. The lowest BCUT2D eigenvalue weighted by molar-refractivity contribution is 0.278. The van der Waals surface area contributed by atoms with Crippen molar-refractivity contribution in [2.24, 2.45) is 0 Å². The predicted molar refractivity (Wildman–Crippen MR) is 130 cm³/mol. The molecule has 1 heterocycles. The number of imidazole rings is 1. The monoisotopic (exact) mass is 426 g/mol. The van der Waals surface area contributed by atoms with Crippen LogP contribution >= 0.6 is 0 Å². The van der Waals surface area contributed by atoms with Crippen molar-refractivity contribution in [3.63, 3.8) is 0 Å². The summed E-state index contributed by atoms with van der Waals surface area (Å²) < 4.78 is 14.5. The number of allylic oxidation sites excluding steroid dienone is 1. The Kier molecular flexibility index (Phi) is 6.90. The number of rotatable bonds is 10. The Morgan fingerprint density at radius 2 is 1.75 bits per heavy atom. The van der Waals surface area contributed by atoms with Crippen molar-refractivity contribution in [2.75, 3.05) is 6.61 Å². The molecule has 0 aliphatic heterocycles. The van der Waals surface area contributed by atoms with Crippen LogP contribution in [0, 0.1) is 13.8 Å². The third-order valence-electron chi connectivity index (χ3n) is 5.54. The van der Waals surface area contributed by atoms with Crippen LogP contribution in [0.3, 0.4) is 0 Å². The molecule has 32 heavy (non-hydrogen) atoms. The lowest BCUT2D eigenvalue weighted by Gasteiger charge is -2.13. The Hall–Kier alpha value is -3.53. The highest BCUT2D eigenvalue weighted by Gasteiger charge is 2.12. The molecular weight excluding hydrogens is 396 g/mol. The summed E-state index contributed by atoms with van der Waals surface area (Å²) in [6.07, 6.45) is 3.56. The number of benzene rings is 3. The first-order valence-electron chi connectivity index (χ1n) is 11.1. The summed E-state index contributed by atoms with van der Waals surface area (Å²) in [7, 11) is 0. The van der Waals surface area contributed by atoms with Crippen molar-refractivity contribution in [3.8, 4) is 11.5 Å². The lowest BCUT2D eigenvalue weighted by atomic mass is 10.1. The minimum atomic E-state index is 0.417. The molecule has 0 saturated heterocycles. The summed E-state index contributed by atoms with van der Waals surface area (Å²) in [6.45, 7) is 9.92. The van der Waals surface area contributed by atoms with Crippen LogP contribution < -0.4 is 9.47 Å². The van der Waals surface area contributed by atoms with Crippen LogP contribution in [0.1, 0.15) is 28.9 Å². The van der Waals surface area contributed by atoms with E-state index in [9.17, 15) is 0 Å². The second kappa shape index (κ2) is 10.2. The van der Waals surface area contributed by atoms with Gasteiger partial charge in [-0.15, -0.1) is 6.58 Å². The van der Waals surface area contributed by atoms with Crippen molar-refractivity contribution in [3.05, 3.63) is 102 Å². The number of nitrogens with zero attached hydrogens (tertiary/aromatic N) is 2. The smallest absolute Gasteiger partial charge is 0.148 e. The molecule has 0 atom stereocenters. The maximum absolute atomic E-state index is 6.19. The van der Waals surface area contributed by atoms with Crippen molar-refractivity contribution in [1.29, 1.82) is 0 Å². The summed E-state index contributed by atoms with van der Waals surface area (Å²) in [5, 5.41) is 0. The second-order valence-corrected chi connectivity index (χ2v) is 8.03. The van der Waals surface area contributed by atoms with Gasteiger partial charge < -0.3 is 14.0 Å². The van der Waals surface area contributed by atoms with Gasteiger partial charge in [-0.25, -0.2) is 4.98 Å². The van der Waals surface area contributed by atoms with E-state index >= 15 is 0 Å². The zero-order chi connectivity index (χ0) is 22.3. The van der Waals surface area contributed by atoms with E-state index in [0.717, 1.165) is 53.3 Å². The highest BCUT2D eigenvalue weighted by atomic mass is 16.5. The van der Waals surface area contributed by atoms with Crippen LogP contribution in [-0.2, 0) is 19.6 Å². The fourth-order valence-electron chi connectivity index (χ4n) is 3.96. The average molecular weight is 427 g/mol. The summed E-state index contributed by atoms with van der Waals surface area (Å²) >= 11 is 0. The van der Waals surface area contributed by atoms with Gasteiger partial charge in [0.25, 0.3) is 0 Å². The molecule has 4 heteroatoms. The Morgan fingerprint density at radius 1 is 0.938 bits per heavy atom. The summed E-state index contributed by atoms with van der Waals surface area (Å²) in [5.41, 5.74) is 5.66. The summed E-state index contributed by atoms with van der Waals surface area (Å²) in [6, 6.07) is 22.6. The molecule has 0 N–H and O–H groups in total. The Labute approximate surface area is 190 Å². The van der Waals surface area contributed by atoms with Gasteiger partial charge in [0.15, 0.2) is 0 Å². The molecule has 4 aromatic rings. The van der Waals surface area contributed by atoms with E-state index in [4.69, 9.17) is 14.5 Å². The van der Waals surface area contributed by atoms with Gasteiger partial charge in [0, 0.05) is 6.54 Å². The zero-order valence-corrected chi connectivity index (χ0v) is 18.9. The third-order valence-corrected chi connectivity index (χ3v) is 5.54. The largest absolute Gasteiger partial charge is 0.493 e. The first-order valence-corrected chi connectivity index (χ1v) is 11.1. The zero-order valence-electron chi connectivity index (χ0n) is 18.9. The van der Waals surface area contributed by atoms with Crippen LogP contribution in [-0.4, -0.2) is 16.2 Å². The van der Waals surface area contributed by atoms with Crippen LogP contribution in [0.2, 0.25) is 0 Å². The number of fused-ring (bicyclic) bond motifs is 1. The highest BCUT2D eigenvalue weighted by Crippen LogP contribution is 2.23.